The molecule has 0 fully saturated rings. The van der Waals surface area contributed by atoms with Crippen molar-refractivity contribution in [2.75, 3.05) is 6.54 Å². The maximum Gasteiger partial charge on any atom is 0.187 e. The number of hydrogen-bond donors (Lipinski definition) is 2. The van der Waals surface area contributed by atoms with Crippen LogP contribution < -0.4 is 15.5 Å². The Kier molecular flexibility index (Phi) is 7.37. The summed E-state index contributed by atoms with van der Waals surface area (Å²) in [6.45, 7) is 4.15. The Morgan fingerprint density at radius 1 is 1.28 bits per heavy atom. The maximum absolute atomic E-state index is 13.8. The van der Waals surface area contributed by atoms with Crippen LogP contribution in [0.2, 0.25) is 5.02 Å². The van der Waals surface area contributed by atoms with Crippen LogP contribution in [0.25, 0.3) is 0 Å². The molecular formula is C18H17ClFN3OS. The molecule has 0 bridgehead atoms. The summed E-state index contributed by atoms with van der Waals surface area (Å²) >= 11 is 11.1. The molecule has 0 aliphatic carbocycles. The third-order valence-electron chi connectivity index (χ3n) is 3.13. The fourth-order valence-electron chi connectivity index (χ4n) is 1.90. The van der Waals surface area contributed by atoms with E-state index in [1.807, 2.05) is 18.2 Å². The van der Waals surface area contributed by atoms with Crippen LogP contribution in [0.1, 0.15) is 11.1 Å². The number of halogens is 2. The lowest BCUT2D eigenvalue weighted by atomic mass is 10.2. The highest BCUT2D eigenvalue weighted by Gasteiger charge is 2.09. The fourth-order valence-corrected chi connectivity index (χ4v) is 2.26. The molecule has 0 amide bonds. The van der Waals surface area contributed by atoms with Crippen LogP contribution in [0.5, 0.6) is 5.75 Å². The molecule has 7 heteroatoms. The fraction of sp³-hybridized carbons (Fsp3) is 0.111. The SMILES string of the molecule is C=CCNC(=S)NN=Cc1ccccc1OCc1c(F)cccc1Cl. The van der Waals surface area contributed by atoms with Gasteiger partial charge in [-0.2, -0.15) is 5.10 Å². The van der Waals surface area contributed by atoms with E-state index in [4.69, 9.17) is 28.6 Å². The first kappa shape index (κ1) is 18.9. The van der Waals surface area contributed by atoms with Gasteiger partial charge in [0, 0.05) is 17.7 Å². The highest BCUT2D eigenvalue weighted by atomic mass is 35.5. The minimum absolute atomic E-state index is 0.0170. The number of rotatable bonds is 7. The van der Waals surface area contributed by atoms with E-state index in [-0.39, 0.29) is 6.61 Å². The van der Waals surface area contributed by atoms with Gasteiger partial charge in [0.2, 0.25) is 0 Å². The van der Waals surface area contributed by atoms with Gasteiger partial charge in [-0.3, -0.25) is 5.43 Å². The van der Waals surface area contributed by atoms with Crippen molar-refractivity contribution in [3.63, 3.8) is 0 Å². The van der Waals surface area contributed by atoms with Gasteiger partial charge in [0.15, 0.2) is 5.11 Å². The van der Waals surface area contributed by atoms with Crippen molar-refractivity contribution in [2.45, 2.75) is 6.61 Å². The van der Waals surface area contributed by atoms with E-state index in [1.165, 1.54) is 6.07 Å². The molecule has 0 unspecified atom stereocenters. The Morgan fingerprint density at radius 3 is 2.84 bits per heavy atom. The van der Waals surface area contributed by atoms with Gasteiger partial charge in [-0.1, -0.05) is 35.9 Å². The lowest BCUT2D eigenvalue weighted by Crippen LogP contribution is -2.31. The highest BCUT2D eigenvalue weighted by Crippen LogP contribution is 2.23. The normalized spacial score (nSPS) is 10.5. The van der Waals surface area contributed by atoms with Crippen molar-refractivity contribution in [1.29, 1.82) is 0 Å². The Balaban J connectivity index is 2.03. The molecule has 0 saturated carbocycles. The molecule has 0 spiro atoms. The van der Waals surface area contributed by atoms with Crippen molar-refractivity contribution >= 4 is 35.1 Å². The Morgan fingerprint density at radius 2 is 2.08 bits per heavy atom. The number of ether oxygens (including phenoxy) is 1. The van der Waals surface area contributed by atoms with E-state index in [0.717, 1.165) is 0 Å². The van der Waals surface area contributed by atoms with Gasteiger partial charge in [0.1, 0.15) is 18.2 Å². The summed E-state index contributed by atoms with van der Waals surface area (Å²) in [5, 5.41) is 7.65. The first-order valence-corrected chi connectivity index (χ1v) is 8.23. The molecule has 25 heavy (non-hydrogen) atoms. The van der Waals surface area contributed by atoms with Gasteiger partial charge in [-0.25, -0.2) is 4.39 Å². The van der Waals surface area contributed by atoms with Gasteiger partial charge >= 0.3 is 0 Å². The second kappa shape index (κ2) is 9.76. The third kappa shape index (κ3) is 5.85. The average molecular weight is 378 g/mol. The molecule has 2 aromatic carbocycles. The maximum atomic E-state index is 13.8. The van der Waals surface area contributed by atoms with Gasteiger partial charge in [0.25, 0.3) is 0 Å². The van der Waals surface area contributed by atoms with Gasteiger partial charge < -0.3 is 10.1 Å². The van der Waals surface area contributed by atoms with Crippen LogP contribution in [-0.4, -0.2) is 17.9 Å². The lowest BCUT2D eigenvalue weighted by Gasteiger charge is -2.11. The first-order valence-electron chi connectivity index (χ1n) is 7.44. The standard InChI is InChI=1S/C18H17ClFN3OS/c1-2-10-21-18(25)23-22-11-13-6-3-4-9-17(13)24-12-14-15(19)7-5-8-16(14)20/h2-9,11H,1,10,12H2,(H2,21,23,25). The van der Waals surface area contributed by atoms with Crippen LogP contribution in [0.15, 0.2) is 60.2 Å². The molecule has 2 rings (SSSR count). The molecule has 2 N–H and O–H groups in total. The van der Waals surface area contributed by atoms with E-state index >= 15 is 0 Å². The zero-order valence-corrected chi connectivity index (χ0v) is 14.9. The molecule has 0 atom stereocenters. The molecular weight excluding hydrogens is 361 g/mol. The summed E-state index contributed by atoms with van der Waals surface area (Å²) in [5.74, 6) is 0.149. The number of thiocarbonyl (C=S) groups is 1. The highest BCUT2D eigenvalue weighted by molar-refractivity contribution is 7.80. The van der Waals surface area contributed by atoms with Crippen molar-refractivity contribution in [3.8, 4) is 5.75 Å². The van der Waals surface area contributed by atoms with Gasteiger partial charge in [-0.15, -0.1) is 6.58 Å². The molecule has 4 nitrogen and oxygen atoms in total. The predicted octanol–water partition coefficient (Wildman–Crippen LogP) is 4.04. The molecule has 0 aliphatic heterocycles. The number of nitrogens with one attached hydrogen (secondary N) is 2. The summed E-state index contributed by atoms with van der Waals surface area (Å²) in [7, 11) is 0. The third-order valence-corrected chi connectivity index (χ3v) is 3.72. The van der Waals surface area contributed by atoms with E-state index in [2.05, 4.69) is 22.4 Å². The second-order valence-corrected chi connectivity index (χ2v) is 5.71. The zero-order valence-electron chi connectivity index (χ0n) is 13.3. The van der Waals surface area contributed by atoms with Crippen molar-refractivity contribution in [2.24, 2.45) is 5.10 Å². The van der Waals surface area contributed by atoms with Crippen LogP contribution in [0, 0.1) is 5.82 Å². The number of para-hydroxylation sites is 1. The average Bonchev–Trinajstić information content (AvgIpc) is 2.60. The van der Waals surface area contributed by atoms with E-state index in [1.54, 1.807) is 30.5 Å². The topological polar surface area (TPSA) is 45.7 Å². The minimum atomic E-state index is -0.404. The molecule has 0 saturated heterocycles. The summed E-state index contributed by atoms with van der Waals surface area (Å²) in [6, 6.07) is 11.8. The molecule has 0 radical (unpaired) electrons. The quantitative estimate of drug-likeness (QED) is 0.331. The molecule has 0 heterocycles. The summed E-state index contributed by atoms with van der Waals surface area (Å²) in [6.07, 6.45) is 3.26. The van der Waals surface area contributed by atoms with E-state index < -0.39 is 5.82 Å². The van der Waals surface area contributed by atoms with Gasteiger partial charge in [-0.05, 0) is 36.5 Å². The minimum Gasteiger partial charge on any atom is -0.488 e. The smallest absolute Gasteiger partial charge is 0.187 e. The summed E-state index contributed by atoms with van der Waals surface area (Å²) < 4.78 is 19.5. The number of benzene rings is 2. The Labute approximate surface area is 156 Å². The second-order valence-electron chi connectivity index (χ2n) is 4.90. The Hall–Kier alpha value is -2.44. The number of hydrogen-bond acceptors (Lipinski definition) is 3. The monoisotopic (exact) mass is 377 g/mol. The molecule has 0 aromatic heterocycles. The van der Waals surface area contributed by atoms with Crippen LogP contribution in [0.4, 0.5) is 4.39 Å². The summed E-state index contributed by atoms with van der Waals surface area (Å²) in [4.78, 5) is 0. The number of nitrogens with zero attached hydrogens (tertiary/aromatic N) is 1. The van der Waals surface area contributed by atoms with Crippen molar-refractivity contribution in [3.05, 3.63) is 77.1 Å². The molecule has 130 valence electrons. The van der Waals surface area contributed by atoms with E-state index in [9.17, 15) is 4.39 Å². The predicted molar refractivity (Wildman–Crippen MR) is 104 cm³/mol. The van der Waals surface area contributed by atoms with Crippen LogP contribution in [0.3, 0.4) is 0 Å². The zero-order chi connectivity index (χ0) is 18.1. The number of hydrazone groups is 1. The van der Waals surface area contributed by atoms with Crippen LogP contribution >= 0.6 is 23.8 Å². The molecule has 2 aromatic rings. The first-order chi connectivity index (χ1) is 12.1. The largest absolute Gasteiger partial charge is 0.488 e. The van der Waals surface area contributed by atoms with E-state index in [0.29, 0.717) is 33.6 Å². The van der Waals surface area contributed by atoms with Gasteiger partial charge in [0.05, 0.1) is 11.2 Å². The van der Waals surface area contributed by atoms with Crippen molar-refractivity contribution in [1.82, 2.24) is 10.7 Å². The summed E-state index contributed by atoms with van der Waals surface area (Å²) in [5.41, 5.74) is 3.72. The van der Waals surface area contributed by atoms with Crippen molar-refractivity contribution < 1.29 is 9.13 Å². The Bertz CT molecular complexity index is 762. The molecule has 0 aliphatic rings. The van der Waals surface area contributed by atoms with Crippen LogP contribution in [-0.2, 0) is 6.61 Å². The lowest BCUT2D eigenvalue weighted by molar-refractivity contribution is 0.299.